The average molecular weight is 636 g/mol. The number of nitrogens with zero attached hydrogens (tertiary/aromatic N) is 3. The van der Waals surface area contributed by atoms with Gasteiger partial charge in [-0.3, -0.25) is 0 Å². The van der Waals surface area contributed by atoms with Gasteiger partial charge in [0, 0.05) is 0 Å². The summed E-state index contributed by atoms with van der Waals surface area (Å²) in [4.78, 5) is 0. The molecule has 0 aliphatic heterocycles. The number of halogens is 1. The molecule has 0 atom stereocenters. The third-order valence-electron chi connectivity index (χ3n) is 8.54. The molecule has 0 rings (SSSR count). The predicted molar refractivity (Wildman–Crippen MR) is 180 cm³/mol. The molecule has 0 aromatic heterocycles. The summed E-state index contributed by atoms with van der Waals surface area (Å²) in [7, 11) is 0. The van der Waals surface area contributed by atoms with E-state index in [-0.39, 0.29) is 12.4 Å². The van der Waals surface area contributed by atoms with Crippen LogP contribution in [-0.2, 0) is 18.6 Å². The summed E-state index contributed by atoms with van der Waals surface area (Å²) >= 11 is -1.77. The van der Waals surface area contributed by atoms with Crippen LogP contribution in [0.4, 0.5) is 0 Å². The summed E-state index contributed by atoms with van der Waals surface area (Å²) < 4.78 is 9.47. The third kappa shape index (κ3) is 25.9. The molecule has 0 bridgehead atoms. The zero-order chi connectivity index (χ0) is 29.5. The summed E-state index contributed by atoms with van der Waals surface area (Å²) in [5, 5.41) is 0. The second-order valence-corrected chi connectivity index (χ2v) is 16.5. The van der Waals surface area contributed by atoms with Crippen molar-refractivity contribution in [3.63, 3.8) is 0 Å². The van der Waals surface area contributed by atoms with Crippen LogP contribution in [-0.4, -0.2) is 49.4 Å². The molecule has 3 nitrogen and oxygen atoms in total. The van der Waals surface area contributed by atoms with Crippen molar-refractivity contribution >= 4 is 0 Å². The van der Waals surface area contributed by atoms with Gasteiger partial charge < -0.3 is 12.4 Å². The number of rotatable bonds is 33. The van der Waals surface area contributed by atoms with Gasteiger partial charge in [-0.05, 0) is 0 Å². The van der Waals surface area contributed by atoms with E-state index in [1.807, 2.05) is 0 Å². The molecule has 248 valence electrons. The maximum atomic E-state index is 3.16. The number of unbranched alkanes of at least 4 members (excludes halogenated alkanes) is 18. The quantitative estimate of drug-likeness (QED) is 0.0527. The van der Waals surface area contributed by atoms with E-state index in [1.54, 1.807) is 0 Å². The molecule has 0 aliphatic rings. The van der Waals surface area contributed by atoms with E-state index in [1.165, 1.54) is 193 Å². The number of hydrogen-bond donors (Lipinski definition) is 0. The standard InChI is InChI=1S/3C12H26N.ClH.Ti/c3*1-3-5-7-9-11-13-12-10-8-6-4-2;;/h3*3-12H2,1-2H3;1H;/q3*-1;;+4/p-1. The van der Waals surface area contributed by atoms with Crippen LogP contribution in [0.1, 0.15) is 196 Å². The molecule has 0 unspecified atom stereocenters. The molecule has 5 heteroatoms. The van der Waals surface area contributed by atoms with Crippen LogP contribution >= 0.6 is 0 Å². The van der Waals surface area contributed by atoms with Gasteiger partial charge in [0.1, 0.15) is 0 Å². The van der Waals surface area contributed by atoms with Crippen molar-refractivity contribution in [2.75, 3.05) is 39.3 Å². The van der Waals surface area contributed by atoms with Gasteiger partial charge >= 0.3 is 264 Å². The van der Waals surface area contributed by atoms with E-state index in [2.05, 4.69) is 51.7 Å². The van der Waals surface area contributed by atoms with Crippen LogP contribution in [0.15, 0.2) is 0 Å². The van der Waals surface area contributed by atoms with E-state index in [0.29, 0.717) is 0 Å². The van der Waals surface area contributed by atoms with Crippen LogP contribution in [0, 0.1) is 0 Å². The van der Waals surface area contributed by atoms with Crippen molar-refractivity contribution in [2.24, 2.45) is 0 Å². The Balaban J connectivity index is 0. The van der Waals surface area contributed by atoms with Crippen molar-refractivity contribution < 1.29 is 31.0 Å². The zero-order valence-corrected chi connectivity index (χ0v) is 31.8. The minimum atomic E-state index is -1.77. The maximum absolute atomic E-state index is 3.16. The first-order valence-electron chi connectivity index (χ1n) is 18.8. The van der Waals surface area contributed by atoms with E-state index in [9.17, 15) is 0 Å². The maximum Gasteiger partial charge on any atom is -1.00 e. The topological polar surface area (TPSA) is 9.72 Å². The van der Waals surface area contributed by atoms with Crippen molar-refractivity contribution in [3.8, 4) is 0 Å². The summed E-state index contributed by atoms with van der Waals surface area (Å²) in [5.74, 6) is 0. The first-order valence-corrected chi connectivity index (χ1v) is 20.9. The Morgan fingerprint density at radius 3 is 0.585 bits per heavy atom. The largest absolute Gasteiger partial charge is 1.00 e. The molecular formula is C36H78ClN3Ti. The monoisotopic (exact) mass is 636 g/mol. The molecule has 0 heterocycles. The number of hydrogen-bond acceptors (Lipinski definition) is 3. The van der Waals surface area contributed by atoms with Crippen molar-refractivity contribution in [3.05, 3.63) is 0 Å². The minimum Gasteiger partial charge on any atom is -1.00 e. The van der Waals surface area contributed by atoms with Gasteiger partial charge in [-0.2, -0.15) is 0 Å². The molecule has 0 spiro atoms. The summed E-state index contributed by atoms with van der Waals surface area (Å²) in [5.41, 5.74) is 0. The summed E-state index contributed by atoms with van der Waals surface area (Å²) in [6.07, 6.45) is 33.6. The van der Waals surface area contributed by atoms with Gasteiger partial charge in [0.15, 0.2) is 0 Å². The van der Waals surface area contributed by atoms with E-state index in [0.717, 1.165) is 0 Å². The van der Waals surface area contributed by atoms with Gasteiger partial charge in [0.05, 0.1) is 0 Å². The molecule has 0 radical (unpaired) electrons. The van der Waals surface area contributed by atoms with Crippen LogP contribution in [0.5, 0.6) is 0 Å². The van der Waals surface area contributed by atoms with Crippen LogP contribution < -0.4 is 12.4 Å². The third-order valence-corrected chi connectivity index (χ3v) is 13.3. The molecule has 0 fully saturated rings. The van der Waals surface area contributed by atoms with Gasteiger partial charge in [-0.1, -0.05) is 0 Å². The van der Waals surface area contributed by atoms with Gasteiger partial charge in [-0.25, -0.2) is 0 Å². The molecular weight excluding hydrogens is 558 g/mol. The Hall–Kier alpha value is 0.884. The second-order valence-electron chi connectivity index (χ2n) is 12.6. The molecule has 0 aromatic carbocycles. The van der Waals surface area contributed by atoms with Gasteiger partial charge in [0.2, 0.25) is 0 Å². The summed E-state index contributed by atoms with van der Waals surface area (Å²) in [6, 6.07) is 0. The van der Waals surface area contributed by atoms with Crippen molar-refractivity contribution in [1.29, 1.82) is 0 Å². The fourth-order valence-corrected chi connectivity index (χ4v) is 11.1. The minimum absolute atomic E-state index is 0. The normalized spacial score (nSPS) is 11.6. The van der Waals surface area contributed by atoms with E-state index < -0.39 is 18.6 Å². The molecule has 0 saturated heterocycles. The predicted octanol–water partition coefficient (Wildman–Crippen LogP) is 8.74. The van der Waals surface area contributed by atoms with Crippen molar-refractivity contribution in [1.82, 2.24) is 10.1 Å². The first kappa shape index (κ1) is 44.0. The van der Waals surface area contributed by atoms with Crippen molar-refractivity contribution in [2.45, 2.75) is 196 Å². The Labute approximate surface area is 274 Å². The smallest absolute Gasteiger partial charge is 1.00 e. The van der Waals surface area contributed by atoms with Gasteiger partial charge in [0.25, 0.3) is 0 Å². The Kier molecular flexibility index (Phi) is 38.0. The Bertz CT molecular complexity index is 379. The van der Waals surface area contributed by atoms with Crippen LogP contribution in [0.2, 0.25) is 0 Å². The van der Waals surface area contributed by atoms with E-state index >= 15 is 0 Å². The molecule has 0 amide bonds. The van der Waals surface area contributed by atoms with Crippen LogP contribution in [0.3, 0.4) is 0 Å². The summed E-state index contributed by atoms with van der Waals surface area (Å²) in [6.45, 7) is 22.4. The average Bonchev–Trinajstić information content (AvgIpc) is 2.96. The second kappa shape index (κ2) is 35.4. The molecule has 0 N–H and O–H groups in total. The fraction of sp³-hybridized carbons (Fsp3) is 1.00. The van der Waals surface area contributed by atoms with Gasteiger partial charge in [-0.15, -0.1) is 0 Å². The van der Waals surface area contributed by atoms with E-state index in [4.69, 9.17) is 0 Å². The SMILES string of the molecule is CCCCCC[N](CCCCCC)[Ti+]([N](CCCCCC)CCCCCC)[N](CCCCCC)CCCCCC.[Cl-]. The Morgan fingerprint density at radius 1 is 0.268 bits per heavy atom. The fourth-order valence-electron chi connectivity index (χ4n) is 5.91. The zero-order valence-electron chi connectivity index (χ0n) is 29.4. The molecule has 0 aliphatic carbocycles. The Morgan fingerprint density at radius 2 is 0.439 bits per heavy atom. The molecule has 0 aromatic rings. The molecule has 0 saturated carbocycles. The first-order chi connectivity index (χ1) is 19.7. The molecule has 41 heavy (non-hydrogen) atoms. The van der Waals surface area contributed by atoms with Crippen LogP contribution in [0.25, 0.3) is 0 Å².